The van der Waals surface area contributed by atoms with Gasteiger partial charge in [0.1, 0.15) is 4.99 Å². The number of amides is 1. The van der Waals surface area contributed by atoms with Crippen LogP contribution in [0.3, 0.4) is 0 Å². The van der Waals surface area contributed by atoms with Gasteiger partial charge in [0.2, 0.25) is 5.91 Å². The molecule has 0 aliphatic heterocycles. The Morgan fingerprint density at radius 3 is 2.80 bits per heavy atom. The van der Waals surface area contributed by atoms with Gasteiger partial charge in [0.05, 0.1) is 0 Å². The first-order chi connectivity index (χ1) is 9.49. The van der Waals surface area contributed by atoms with Gasteiger partial charge in [0.15, 0.2) is 0 Å². The average Bonchev–Trinajstić information content (AvgIpc) is 2.84. The summed E-state index contributed by atoms with van der Waals surface area (Å²) in [5.74, 6) is 0.961. The van der Waals surface area contributed by atoms with E-state index in [9.17, 15) is 4.79 Å². The summed E-state index contributed by atoms with van der Waals surface area (Å²) >= 11 is 4.99. The summed E-state index contributed by atoms with van der Waals surface area (Å²) in [7, 11) is 1.88. The normalized spacial score (nSPS) is 21.7. The summed E-state index contributed by atoms with van der Waals surface area (Å²) in [6, 6.07) is 7.79. The highest BCUT2D eigenvalue weighted by Gasteiger charge is 2.31. The molecule has 2 N–H and O–H groups in total. The topological polar surface area (TPSA) is 46.3 Å². The van der Waals surface area contributed by atoms with Crippen molar-refractivity contribution in [2.24, 2.45) is 17.6 Å². The lowest BCUT2D eigenvalue weighted by Gasteiger charge is -2.23. The predicted molar refractivity (Wildman–Crippen MR) is 85.3 cm³/mol. The van der Waals surface area contributed by atoms with Crippen molar-refractivity contribution >= 4 is 23.1 Å². The lowest BCUT2D eigenvalue weighted by atomic mass is 9.96. The minimum Gasteiger partial charge on any atom is -0.389 e. The van der Waals surface area contributed by atoms with Crippen molar-refractivity contribution in [3.8, 4) is 0 Å². The number of rotatable bonds is 4. The zero-order chi connectivity index (χ0) is 14.7. The molecule has 1 saturated carbocycles. The molecule has 3 nitrogen and oxygen atoms in total. The molecule has 1 amide bonds. The molecule has 2 rings (SSSR count). The van der Waals surface area contributed by atoms with Crippen LogP contribution in [0.4, 0.5) is 0 Å². The van der Waals surface area contributed by atoms with Crippen LogP contribution in [0.2, 0.25) is 0 Å². The number of nitrogens with zero attached hydrogens (tertiary/aromatic N) is 1. The summed E-state index contributed by atoms with van der Waals surface area (Å²) in [4.78, 5) is 14.7. The zero-order valence-corrected chi connectivity index (χ0v) is 13.0. The molecule has 0 heterocycles. The molecule has 4 heteroatoms. The molecule has 2 atom stereocenters. The standard InChI is InChI=1S/C16H22N2OS/c1-11-5-3-8-14(11)16(19)18(2)10-12-6-4-7-13(9-12)15(17)20/h4,6-7,9,11,14H,3,5,8,10H2,1-2H3,(H2,17,20). The van der Waals surface area contributed by atoms with Gasteiger partial charge in [-0.2, -0.15) is 0 Å². The lowest BCUT2D eigenvalue weighted by Crippen LogP contribution is -2.33. The van der Waals surface area contributed by atoms with Crippen molar-refractivity contribution in [3.05, 3.63) is 35.4 Å². The highest BCUT2D eigenvalue weighted by molar-refractivity contribution is 7.80. The number of benzene rings is 1. The van der Waals surface area contributed by atoms with Crippen LogP contribution < -0.4 is 5.73 Å². The van der Waals surface area contributed by atoms with Gasteiger partial charge in [-0.25, -0.2) is 0 Å². The monoisotopic (exact) mass is 290 g/mol. The smallest absolute Gasteiger partial charge is 0.225 e. The largest absolute Gasteiger partial charge is 0.389 e. The van der Waals surface area contributed by atoms with E-state index in [1.807, 2.05) is 36.2 Å². The Hall–Kier alpha value is -1.42. The number of nitrogens with two attached hydrogens (primary N) is 1. The third kappa shape index (κ3) is 3.37. The van der Waals surface area contributed by atoms with E-state index in [0.29, 0.717) is 17.5 Å². The summed E-state index contributed by atoms with van der Waals surface area (Å²) in [6.07, 6.45) is 3.36. The number of hydrogen-bond donors (Lipinski definition) is 1. The Morgan fingerprint density at radius 1 is 1.45 bits per heavy atom. The van der Waals surface area contributed by atoms with Gasteiger partial charge in [-0.1, -0.05) is 43.8 Å². The van der Waals surface area contributed by atoms with E-state index in [1.165, 1.54) is 12.8 Å². The third-order valence-corrected chi connectivity index (χ3v) is 4.42. The summed E-state index contributed by atoms with van der Waals surface area (Å²) < 4.78 is 0. The van der Waals surface area contributed by atoms with E-state index >= 15 is 0 Å². The summed E-state index contributed by atoms with van der Waals surface area (Å²) in [6.45, 7) is 2.79. The molecule has 108 valence electrons. The molecule has 1 aliphatic carbocycles. The second-order valence-corrected chi connectivity index (χ2v) is 6.21. The molecular weight excluding hydrogens is 268 g/mol. The van der Waals surface area contributed by atoms with Crippen LogP contribution in [-0.2, 0) is 11.3 Å². The Morgan fingerprint density at radius 2 is 2.20 bits per heavy atom. The van der Waals surface area contributed by atoms with Gasteiger partial charge in [0, 0.05) is 25.1 Å². The van der Waals surface area contributed by atoms with E-state index in [4.69, 9.17) is 18.0 Å². The van der Waals surface area contributed by atoms with Gasteiger partial charge in [-0.15, -0.1) is 0 Å². The first-order valence-corrected chi connectivity index (χ1v) is 7.53. The molecule has 1 fully saturated rings. The van der Waals surface area contributed by atoms with Crippen LogP contribution in [0.5, 0.6) is 0 Å². The fraction of sp³-hybridized carbons (Fsp3) is 0.500. The van der Waals surface area contributed by atoms with Crippen molar-refractivity contribution in [2.75, 3.05) is 7.05 Å². The Kier molecular flexibility index (Phi) is 4.76. The van der Waals surface area contributed by atoms with Gasteiger partial charge in [-0.05, 0) is 30.4 Å². The average molecular weight is 290 g/mol. The van der Waals surface area contributed by atoms with Crippen molar-refractivity contribution in [3.63, 3.8) is 0 Å². The molecule has 0 radical (unpaired) electrons. The fourth-order valence-electron chi connectivity index (χ4n) is 2.97. The molecule has 1 aromatic carbocycles. The third-order valence-electron chi connectivity index (χ3n) is 4.19. The minimum absolute atomic E-state index is 0.193. The first kappa shape index (κ1) is 15.0. The van der Waals surface area contributed by atoms with Crippen molar-refractivity contribution in [1.82, 2.24) is 4.90 Å². The second-order valence-electron chi connectivity index (χ2n) is 5.77. The molecule has 1 aromatic rings. The van der Waals surface area contributed by atoms with Crippen molar-refractivity contribution in [2.45, 2.75) is 32.7 Å². The Bertz CT molecular complexity index is 515. The second kappa shape index (κ2) is 6.35. The van der Waals surface area contributed by atoms with Crippen LogP contribution in [-0.4, -0.2) is 22.8 Å². The van der Waals surface area contributed by atoms with Crippen LogP contribution in [0.15, 0.2) is 24.3 Å². The Labute approximate surface area is 126 Å². The number of carbonyl (C=O) groups is 1. The summed E-state index contributed by atoms with van der Waals surface area (Å²) in [5, 5.41) is 0. The molecule has 2 unspecified atom stereocenters. The molecule has 0 bridgehead atoms. The van der Waals surface area contributed by atoms with E-state index < -0.39 is 0 Å². The van der Waals surface area contributed by atoms with Crippen LogP contribution in [0.1, 0.15) is 37.3 Å². The maximum Gasteiger partial charge on any atom is 0.225 e. The quantitative estimate of drug-likeness (QED) is 0.867. The van der Waals surface area contributed by atoms with E-state index in [0.717, 1.165) is 17.5 Å². The zero-order valence-electron chi connectivity index (χ0n) is 12.1. The highest BCUT2D eigenvalue weighted by Crippen LogP contribution is 2.32. The van der Waals surface area contributed by atoms with Gasteiger partial charge in [0.25, 0.3) is 0 Å². The molecule has 0 spiro atoms. The lowest BCUT2D eigenvalue weighted by molar-refractivity contribution is -0.135. The SMILES string of the molecule is CC1CCCC1C(=O)N(C)Cc1cccc(C(N)=S)c1. The number of thiocarbonyl (C=S) groups is 1. The summed E-state index contributed by atoms with van der Waals surface area (Å²) in [5.41, 5.74) is 7.56. The van der Waals surface area contributed by atoms with E-state index in [1.54, 1.807) is 0 Å². The van der Waals surface area contributed by atoms with Crippen LogP contribution in [0, 0.1) is 11.8 Å². The minimum atomic E-state index is 0.193. The maximum absolute atomic E-state index is 12.5. The van der Waals surface area contributed by atoms with Crippen molar-refractivity contribution in [1.29, 1.82) is 0 Å². The molecular formula is C16H22N2OS. The molecule has 0 saturated heterocycles. The van der Waals surface area contributed by atoms with Gasteiger partial charge in [-0.3, -0.25) is 4.79 Å². The molecule has 0 aromatic heterocycles. The number of carbonyl (C=O) groups excluding carboxylic acids is 1. The number of hydrogen-bond acceptors (Lipinski definition) is 2. The van der Waals surface area contributed by atoms with E-state index in [-0.39, 0.29) is 11.8 Å². The van der Waals surface area contributed by atoms with Crippen molar-refractivity contribution < 1.29 is 4.79 Å². The van der Waals surface area contributed by atoms with E-state index in [2.05, 4.69) is 6.92 Å². The van der Waals surface area contributed by atoms with Crippen LogP contribution in [0.25, 0.3) is 0 Å². The predicted octanol–water partition coefficient (Wildman–Crippen LogP) is 2.72. The fourth-order valence-corrected chi connectivity index (χ4v) is 3.10. The molecule has 20 heavy (non-hydrogen) atoms. The van der Waals surface area contributed by atoms with Crippen LogP contribution >= 0.6 is 12.2 Å². The molecule has 1 aliphatic rings. The Balaban J connectivity index is 2.03. The van der Waals surface area contributed by atoms with Gasteiger partial charge < -0.3 is 10.6 Å². The first-order valence-electron chi connectivity index (χ1n) is 7.12. The van der Waals surface area contributed by atoms with Gasteiger partial charge >= 0.3 is 0 Å². The highest BCUT2D eigenvalue weighted by atomic mass is 32.1. The maximum atomic E-state index is 12.5.